The number of amides is 3. The van der Waals surface area contributed by atoms with Crippen molar-refractivity contribution < 1.29 is 19.1 Å². The molecule has 0 saturated carbocycles. The van der Waals surface area contributed by atoms with Crippen molar-refractivity contribution in [3.63, 3.8) is 0 Å². The number of aromatic nitrogens is 1. The van der Waals surface area contributed by atoms with Crippen LogP contribution in [-0.4, -0.2) is 71.0 Å². The zero-order valence-electron chi connectivity index (χ0n) is 15.5. The van der Waals surface area contributed by atoms with Crippen LogP contribution >= 0.6 is 0 Å². The van der Waals surface area contributed by atoms with E-state index in [2.05, 4.69) is 10.3 Å². The molecule has 8 nitrogen and oxygen atoms in total. The summed E-state index contributed by atoms with van der Waals surface area (Å²) < 4.78 is 5.12. The van der Waals surface area contributed by atoms with Gasteiger partial charge in [-0.25, -0.2) is 4.79 Å². The van der Waals surface area contributed by atoms with E-state index in [1.54, 1.807) is 55.0 Å². The van der Waals surface area contributed by atoms with Gasteiger partial charge in [-0.2, -0.15) is 0 Å². The first-order valence-corrected chi connectivity index (χ1v) is 8.71. The van der Waals surface area contributed by atoms with E-state index in [1.807, 2.05) is 0 Å². The van der Waals surface area contributed by atoms with Crippen molar-refractivity contribution in [2.75, 3.05) is 32.7 Å². The summed E-state index contributed by atoms with van der Waals surface area (Å²) in [5, 5.41) is 2.47. The molecule has 26 heavy (non-hydrogen) atoms. The van der Waals surface area contributed by atoms with Crippen molar-refractivity contribution in [1.29, 1.82) is 0 Å². The molecule has 1 N–H and O–H groups in total. The topological polar surface area (TPSA) is 91.8 Å². The second-order valence-corrected chi connectivity index (χ2v) is 7.10. The summed E-state index contributed by atoms with van der Waals surface area (Å²) in [6, 6.07) is 5.22. The van der Waals surface area contributed by atoms with Gasteiger partial charge in [-0.1, -0.05) is 6.07 Å². The molecular weight excluding hydrogens is 336 g/mol. The first kappa shape index (κ1) is 19.7. The van der Waals surface area contributed by atoms with E-state index in [0.717, 1.165) is 0 Å². The van der Waals surface area contributed by atoms with E-state index in [0.29, 0.717) is 38.3 Å². The number of hydrogen-bond donors (Lipinski definition) is 1. The van der Waals surface area contributed by atoms with Gasteiger partial charge in [-0.3, -0.25) is 14.6 Å². The van der Waals surface area contributed by atoms with Crippen molar-refractivity contribution in [2.24, 2.45) is 0 Å². The minimum atomic E-state index is -0.618. The van der Waals surface area contributed by atoms with Crippen LogP contribution in [0.25, 0.3) is 0 Å². The smallest absolute Gasteiger partial charge is 0.408 e. The van der Waals surface area contributed by atoms with Crippen molar-refractivity contribution in [1.82, 2.24) is 20.1 Å². The summed E-state index contributed by atoms with van der Waals surface area (Å²) >= 11 is 0. The highest BCUT2D eigenvalue weighted by atomic mass is 16.6. The van der Waals surface area contributed by atoms with Gasteiger partial charge in [0.05, 0.1) is 0 Å². The predicted octanol–water partition coefficient (Wildman–Crippen LogP) is 1.28. The summed E-state index contributed by atoms with van der Waals surface area (Å²) in [5.41, 5.74) is -0.207. The maximum atomic E-state index is 12.5. The first-order valence-electron chi connectivity index (χ1n) is 8.71. The van der Waals surface area contributed by atoms with E-state index >= 15 is 0 Å². The first-order chi connectivity index (χ1) is 12.3. The fourth-order valence-electron chi connectivity index (χ4n) is 2.59. The van der Waals surface area contributed by atoms with Gasteiger partial charge < -0.3 is 19.9 Å². The molecule has 0 aromatic carbocycles. The molecule has 0 bridgehead atoms. The molecule has 0 aliphatic carbocycles. The second kappa shape index (κ2) is 8.64. The summed E-state index contributed by atoms with van der Waals surface area (Å²) in [6.07, 6.45) is 1.65. The summed E-state index contributed by atoms with van der Waals surface area (Å²) in [4.78, 5) is 43.9. The lowest BCUT2D eigenvalue weighted by Gasteiger charge is -2.23. The fourth-order valence-corrected chi connectivity index (χ4v) is 2.59. The van der Waals surface area contributed by atoms with E-state index < -0.39 is 11.7 Å². The van der Waals surface area contributed by atoms with Crippen LogP contribution in [-0.2, 0) is 9.53 Å². The Bertz CT molecular complexity index is 642. The third-order valence-corrected chi connectivity index (χ3v) is 3.80. The zero-order valence-corrected chi connectivity index (χ0v) is 15.5. The van der Waals surface area contributed by atoms with E-state index in [1.165, 1.54) is 0 Å². The number of hydrogen-bond acceptors (Lipinski definition) is 5. The quantitative estimate of drug-likeness (QED) is 0.874. The number of rotatable bonds is 3. The molecule has 0 unspecified atom stereocenters. The lowest BCUT2D eigenvalue weighted by Crippen LogP contribution is -2.43. The number of carbonyl (C=O) groups excluding carboxylic acids is 3. The summed E-state index contributed by atoms with van der Waals surface area (Å²) in [6.45, 7) is 7.13. The Morgan fingerprint density at radius 1 is 1.12 bits per heavy atom. The van der Waals surface area contributed by atoms with Crippen molar-refractivity contribution >= 4 is 17.9 Å². The fraction of sp³-hybridized carbons (Fsp3) is 0.556. The van der Waals surface area contributed by atoms with Gasteiger partial charge in [0, 0.05) is 32.4 Å². The van der Waals surface area contributed by atoms with Gasteiger partial charge in [-0.15, -0.1) is 0 Å². The zero-order chi connectivity index (χ0) is 19.2. The maximum absolute atomic E-state index is 12.5. The SMILES string of the molecule is CC(C)(C)OC(=O)NCC(=O)N1CCCN(C(=O)c2ccccn2)CC1. The molecule has 3 amide bonds. The van der Waals surface area contributed by atoms with Gasteiger partial charge >= 0.3 is 6.09 Å². The van der Waals surface area contributed by atoms with Crippen LogP contribution in [0.3, 0.4) is 0 Å². The molecule has 1 fully saturated rings. The number of ether oxygens (including phenoxy) is 1. The lowest BCUT2D eigenvalue weighted by molar-refractivity contribution is -0.130. The molecule has 1 aromatic heterocycles. The Balaban J connectivity index is 1.83. The molecular formula is C18H26N4O4. The number of carbonyl (C=O) groups is 3. The van der Waals surface area contributed by atoms with Crippen LogP contribution in [0, 0.1) is 0 Å². The molecule has 8 heteroatoms. The van der Waals surface area contributed by atoms with Gasteiger partial charge in [-0.05, 0) is 39.3 Å². The predicted molar refractivity (Wildman–Crippen MR) is 95.6 cm³/mol. The Labute approximate surface area is 153 Å². The molecule has 1 saturated heterocycles. The summed E-state index contributed by atoms with van der Waals surface area (Å²) in [7, 11) is 0. The highest BCUT2D eigenvalue weighted by Crippen LogP contribution is 2.09. The highest BCUT2D eigenvalue weighted by molar-refractivity contribution is 5.92. The largest absolute Gasteiger partial charge is 0.444 e. The van der Waals surface area contributed by atoms with E-state index in [9.17, 15) is 14.4 Å². The van der Waals surface area contributed by atoms with Gasteiger partial charge in [0.25, 0.3) is 5.91 Å². The summed E-state index contributed by atoms with van der Waals surface area (Å²) in [5.74, 6) is -0.324. The molecule has 1 aliphatic rings. The average molecular weight is 362 g/mol. The minimum absolute atomic E-state index is 0.122. The number of alkyl carbamates (subject to hydrolysis) is 1. The Hall–Kier alpha value is -2.64. The Kier molecular flexibility index (Phi) is 6.54. The second-order valence-electron chi connectivity index (χ2n) is 7.10. The van der Waals surface area contributed by atoms with Crippen LogP contribution in [0.5, 0.6) is 0 Å². The van der Waals surface area contributed by atoms with Gasteiger partial charge in [0.2, 0.25) is 5.91 Å². The van der Waals surface area contributed by atoms with Crippen LogP contribution in [0.1, 0.15) is 37.7 Å². The molecule has 1 aromatic rings. The maximum Gasteiger partial charge on any atom is 0.408 e. The molecule has 2 rings (SSSR count). The minimum Gasteiger partial charge on any atom is -0.444 e. The van der Waals surface area contributed by atoms with Gasteiger partial charge in [0.1, 0.15) is 17.8 Å². The van der Waals surface area contributed by atoms with Crippen molar-refractivity contribution in [3.05, 3.63) is 30.1 Å². The van der Waals surface area contributed by atoms with Crippen LogP contribution in [0.15, 0.2) is 24.4 Å². The standard InChI is InChI=1S/C18H26N4O4/c1-18(2,3)26-17(25)20-13-15(23)21-9-6-10-22(12-11-21)16(24)14-7-4-5-8-19-14/h4-5,7-8H,6,9-13H2,1-3H3,(H,20,25). The molecule has 1 aliphatic heterocycles. The number of nitrogens with zero attached hydrogens (tertiary/aromatic N) is 3. The molecule has 2 heterocycles. The average Bonchev–Trinajstić information content (AvgIpc) is 2.84. The van der Waals surface area contributed by atoms with E-state index in [4.69, 9.17) is 4.74 Å². The number of nitrogens with one attached hydrogen (secondary N) is 1. The number of pyridine rings is 1. The van der Waals surface area contributed by atoms with Crippen LogP contribution < -0.4 is 5.32 Å². The molecule has 0 atom stereocenters. The molecule has 142 valence electrons. The molecule has 0 spiro atoms. The van der Waals surface area contributed by atoms with E-state index in [-0.39, 0.29) is 18.4 Å². The third kappa shape index (κ3) is 6.02. The Morgan fingerprint density at radius 2 is 1.81 bits per heavy atom. The lowest BCUT2D eigenvalue weighted by atomic mass is 10.2. The third-order valence-electron chi connectivity index (χ3n) is 3.80. The highest BCUT2D eigenvalue weighted by Gasteiger charge is 2.24. The normalized spacial score (nSPS) is 15.2. The molecule has 0 radical (unpaired) electrons. The Morgan fingerprint density at radius 3 is 2.46 bits per heavy atom. The van der Waals surface area contributed by atoms with Crippen LogP contribution in [0.2, 0.25) is 0 Å². The monoisotopic (exact) mass is 362 g/mol. The van der Waals surface area contributed by atoms with Crippen LogP contribution in [0.4, 0.5) is 4.79 Å². The van der Waals surface area contributed by atoms with Gasteiger partial charge in [0.15, 0.2) is 0 Å². The van der Waals surface area contributed by atoms with Crippen molar-refractivity contribution in [2.45, 2.75) is 32.8 Å². The van der Waals surface area contributed by atoms with Crippen molar-refractivity contribution in [3.8, 4) is 0 Å².